The van der Waals surface area contributed by atoms with Gasteiger partial charge in [0.1, 0.15) is 11.9 Å². The number of ether oxygens (including phenoxy) is 1. The Bertz CT molecular complexity index is 1160. The smallest absolute Gasteiger partial charge is 0.278 e. The fourth-order valence-electron chi connectivity index (χ4n) is 3.30. The van der Waals surface area contributed by atoms with E-state index < -0.39 is 5.82 Å². The molecule has 28 heavy (non-hydrogen) atoms. The molecule has 1 aliphatic rings. The Kier molecular flexibility index (Phi) is 4.18. The van der Waals surface area contributed by atoms with Crippen molar-refractivity contribution >= 4 is 11.6 Å². The highest BCUT2D eigenvalue weighted by Gasteiger charge is 2.27. The average molecular weight is 397 g/mol. The molecule has 0 amide bonds. The second kappa shape index (κ2) is 6.85. The largest absolute Gasteiger partial charge is 0.365 e. The van der Waals surface area contributed by atoms with E-state index >= 15 is 0 Å². The van der Waals surface area contributed by atoms with Crippen molar-refractivity contribution < 1.29 is 13.7 Å². The topological polar surface area (TPSA) is 66.0 Å². The lowest BCUT2D eigenvalue weighted by atomic mass is 10.1. The first-order valence-electron chi connectivity index (χ1n) is 8.69. The summed E-state index contributed by atoms with van der Waals surface area (Å²) in [4.78, 5) is 8.72. The van der Waals surface area contributed by atoms with E-state index in [-0.39, 0.29) is 23.4 Å². The second-order valence-electron chi connectivity index (χ2n) is 6.42. The van der Waals surface area contributed by atoms with E-state index in [1.807, 2.05) is 28.8 Å². The minimum Gasteiger partial charge on any atom is -0.365 e. The normalized spacial score (nSPS) is 16.1. The third kappa shape index (κ3) is 2.89. The molecule has 0 radical (unpaired) electrons. The van der Waals surface area contributed by atoms with Gasteiger partial charge in [-0.25, -0.2) is 9.37 Å². The van der Waals surface area contributed by atoms with E-state index in [9.17, 15) is 4.39 Å². The number of benzene rings is 2. The number of rotatable bonds is 3. The Balaban J connectivity index is 1.45. The van der Waals surface area contributed by atoms with Gasteiger partial charge >= 0.3 is 0 Å². The molecule has 0 fully saturated rings. The molecule has 0 unspecified atom stereocenters. The van der Waals surface area contributed by atoms with Crippen molar-refractivity contribution in [1.29, 1.82) is 0 Å². The zero-order chi connectivity index (χ0) is 19.1. The highest BCUT2D eigenvalue weighted by Crippen LogP contribution is 2.34. The third-order valence-electron chi connectivity index (χ3n) is 4.73. The lowest BCUT2D eigenvalue weighted by Crippen LogP contribution is -2.20. The van der Waals surface area contributed by atoms with Crippen LogP contribution in [0.15, 0.2) is 59.4 Å². The summed E-state index contributed by atoms with van der Waals surface area (Å²) < 4.78 is 27.3. The summed E-state index contributed by atoms with van der Waals surface area (Å²) in [5.41, 5.74) is 2.57. The molecule has 1 atom stereocenters. The highest BCUT2D eigenvalue weighted by atomic mass is 35.5. The Morgan fingerprint density at radius 1 is 1.11 bits per heavy atom. The summed E-state index contributed by atoms with van der Waals surface area (Å²) in [6.45, 7) is 0.892. The molecule has 140 valence electrons. The van der Waals surface area contributed by atoms with Gasteiger partial charge in [-0.2, -0.15) is 4.98 Å². The van der Waals surface area contributed by atoms with Crippen molar-refractivity contribution in [3.05, 3.63) is 77.0 Å². The van der Waals surface area contributed by atoms with Crippen molar-refractivity contribution in [1.82, 2.24) is 19.7 Å². The minimum atomic E-state index is -0.410. The molecule has 0 aliphatic carbocycles. The van der Waals surface area contributed by atoms with Crippen LogP contribution in [0.5, 0.6) is 0 Å². The zero-order valence-electron chi connectivity index (χ0n) is 14.5. The Morgan fingerprint density at radius 2 is 1.93 bits per heavy atom. The van der Waals surface area contributed by atoms with Crippen molar-refractivity contribution in [2.45, 2.75) is 19.3 Å². The van der Waals surface area contributed by atoms with E-state index in [2.05, 4.69) is 15.1 Å². The molecule has 2 aromatic heterocycles. The fraction of sp³-hybridized carbons (Fsp3) is 0.150. The molecule has 0 N–H and O–H groups in total. The van der Waals surface area contributed by atoms with Gasteiger partial charge in [-0.3, -0.25) is 0 Å². The van der Waals surface area contributed by atoms with Gasteiger partial charge in [-0.15, -0.1) is 0 Å². The summed E-state index contributed by atoms with van der Waals surface area (Å²) in [6.07, 6.45) is 1.55. The molecular formula is C20H14ClFN4O2. The van der Waals surface area contributed by atoms with Crippen molar-refractivity contribution in [2.75, 3.05) is 0 Å². The van der Waals surface area contributed by atoms with Crippen LogP contribution in [0.3, 0.4) is 0 Å². The number of nitrogens with zero attached hydrogens (tertiary/aromatic N) is 4. The molecule has 3 heterocycles. The molecular weight excluding hydrogens is 383 g/mol. The summed E-state index contributed by atoms with van der Waals surface area (Å²) in [6, 6.07) is 13.9. The lowest BCUT2D eigenvalue weighted by molar-refractivity contribution is 0.00336. The van der Waals surface area contributed by atoms with Crippen molar-refractivity contribution in [3.8, 4) is 23.0 Å². The predicted molar refractivity (Wildman–Crippen MR) is 99.9 cm³/mol. The molecule has 2 aromatic carbocycles. The van der Waals surface area contributed by atoms with Crippen LogP contribution in [0.25, 0.3) is 23.0 Å². The van der Waals surface area contributed by atoms with Crippen LogP contribution in [0.1, 0.15) is 17.4 Å². The molecule has 0 saturated heterocycles. The van der Waals surface area contributed by atoms with Gasteiger partial charge in [0.15, 0.2) is 5.69 Å². The van der Waals surface area contributed by atoms with E-state index in [0.29, 0.717) is 23.9 Å². The van der Waals surface area contributed by atoms with Crippen molar-refractivity contribution in [2.24, 2.45) is 0 Å². The molecule has 5 rings (SSSR count). The van der Waals surface area contributed by atoms with Gasteiger partial charge in [0, 0.05) is 10.6 Å². The maximum absolute atomic E-state index is 14.0. The van der Waals surface area contributed by atoms with Crippen LogP contribution < -0.4 is 0 Å². The molecule has 0 spiro atoms. The molecule has 6 nitrogen and oxygen atoms in total. The van der Waals surface area contributed by atoms with Gasteiger partial charge in [0.05, 0.1) is 30.7 Å². The molecule has 0 saturated carbocycles. The summed E-state index contributed by atoms with van der Waals surface area (Å²) in [5, 5.41) is 4.56. The van der Waals surface area contributed by atoms with Gasteiger partial charge in [0.2, 0.25) is 5.82 Å². The predicted octanol–water partition coefficient (Wildman–Crippen LogP) is 4.66. The molecule has 8 heteroatoms. The maximum atomic E-state index is 14.0. The quantitative estimate of drug-likeness (QED) is 0.503. The monoisotopic (exact) mass is 396 g/mol. The number of imidazole rings is 1. The fourth-order valence-corrected chi connectivity index (χ4v) is 3.56. The SMILES string of the molecule is Fc1ccccc1-c1noc(-c2ncn3c2CO[C@H](c2ccccc2Cl)C3)n1. The summed E-state index contributed by atoms with van der Waals surface area (Å²) >= 11 is 6.29. The third-order valence-corrected chi connectivity index (χ3v) is 5.07. The maximum Gasteiger partial charge on any atom is 0.278 e. The first-order valence-corrected chi connectivity index (χ1v) is 9.07. The van der Waals surface area contributed by atoms with Crippen LogP contribution in [-0.4, -0.2) is 19.7 Å². The number of hydrogen-bond donors (Lipinski definition) is 0. The van der Waals surface area contributed by atoms with Crippen LogP contribution in [0.4, 0.5) is 4.39 Å². The Labute approximate surface area is 164 Å². The number of hydrogen-bond acceptors (Lipinski definition) is 5. The first kappa shape index (κ1) is 17.1. The number of aromatic nitrogens is 4. The summed E-state index contributed by atoms with van der Waals surface area (Å²) in [5.74, 6) is -0.0000441. The number of halogens is 2. The van der Waals surface area contributed by atoms with Crippen molar-refractivity contribution in [3.63, 3.8) is 0 Å². The van der Waals surface area contributed by atoms with Gasteiger partial charge in [-0.05, 0) is 18.2 Å². The minimum absolute atomic E-state index is 0.167. The molecule has 4 aromatic rings. The van der Waals surface area contributed by atoms with Gasteiger partial charge < -0.3 is 13.8 Å². The van der Waals surface area contributed by atoms with Crippen LogP contribution in [0.2, 0.25) is 5.02 Å². The first-order chi connectivity index (χ1) is 13.7. The zero-order valence-corrected chi connectivity index (χ0v) is 15.3. The van der Waals surface area contributed by atoms with Gasteiger partial charge in [-0.1, -0.05) is 47.1 Å². The average Bonchev–Trinajstić information content (AvgIpc) is 3.35. The van der Waals surface area contributed by atoms with Crippen LogP contribution in [-0.2, 0) is 17.9 Å². The van der Waals surface area contributed by atoms with E-state index in [1.54, 1.807) is 24.5 Å². The van der Waals surface area contributed by atoms with E-state index in [0.717, 1.165) is 11.3 Å². The van der Waals surface area contributed by atoms with Gasteiger partial charge in [0.25, 0.3) is 5.89 Å². The second-order valence-corrected chi connectivity index (χ2v) is 6.82. The summed E-state index contributed by atoms with van der Waals surface area (Å²) in [7, 11) is 0. The standard InChI is InChI=1S/C20H14ClFN4O2/c21-14-7-3-1-5-12(14)17-9-26-11-23-18(16(26)10-27-17)20-24-19(25-28-20)13-6-2-4-8-15(13)22/h1-8,11,17H,9-10H2/t17-/m0/s1. The number of fused-ring (bicyclic) bond motifs is 1. The molecule has 0 bridgehead atoms. The van der Waals surface area contributed by atoms with Crippen LogP contribution in [0, 0.1) is 5.82 Å². The van der Waals surface area contributed by atoms with E-state index in [4.69, 9.17) is 20.9 Å². The molecule has 1 aliphatic heterocycles. The highest BCUT2D eigenvalue weighted by molar-refractivity contribution is 6.31. The van der Waals surface area contributed by atoms with E-state index in [1.165, 1.54) is 6.07 Å². The Hall–Kier alpha value is -3.03. The lowest BCUT2D eigenvalue weighted by Gasteiger charge is -2.26. The van der Waals surface area contributed by atoms with Crippen LogP contribution >= 0.6 is 11.6 Å². The Morgan fingerprint density at radius 3 is 2.79 bits per heavy atom.